The monoisotopic (exact) mass is 472 g/mol. The molecular formula is C21H19F3N8O2. The topological polar surface area (TPSA) is 124 Å². The summed E-state index contributed by atoms with van der Waals surface area (Å²) in [5.74, 6) is 0.332. The van der Waals surface area contributed by atoms with Crippen LogP contribution in [0.25, 0.3) is 17.2 Å². The summed E-state index contributed by atoms with van der Waals surface area (Å²) in [5, 5.41) is 19.6. The first-order chi connectivity index (χ1) is 16.3. The number of imidazole rings is 1. The molecule has 3 N–H and O–H groups in total. The lowest BCUT2D eigenvalue weighted by Crippen LogP contribution is -2.53. The Hall–Kier alpha value is -4.00. The molecule has 5 heterocycles. The number of piperidine rings is 1. The zero-order valence-corrected chi connectivity index (χ0v) is 17.6. The van der Waals surface area contributed by atoms with Crippen LogP contribution in [-0.2, 0) is 6.18 Å². The van der Waals surface area contributed by atoms with Crippen LogP contribution in [0.4, 0.5) is 19.0 Å². The van der Waals surface area contributed by atoms with Gasteiger partial charge in [-0.05, 0) is 24.6 Å². The quantitative estimate of drug-likeness (QED) is 0.414. The van der Waals surface area contributed by atoms with Crippen molar-refractivity contribution in [3.8, 4) is 11.5 Å². The van der Waals surface area contributed by atoms with Crippen LogP contribution in [-0.4, -0.2) is 65.8 Å². The molecule has 2 atom stereocenters. The van der Waals surface area contributed by atoms with E-state index in [0.717, 1.165) is 12.3 Å². The Morgan fingerprint density at radius 3 is 2.79 bits per heavy atom. The minimum Gasteiger partial charge on any atom is -0.391 e. The summed E-state index contributed by atoms with van der Waals surface area (Å²) >= 11 is 0. The maximum Gasteiger partial charge on any atom is 0.417 e. The Labute approximate surface area is 190 Å². The molecular weight excluding hydrogens is 453 g/mol. The van der Waals surface area contributed by atoms with Gasteiger partial charge in [-0.2, -0.15) is 18.3 Å². The molecule has 0 bridgehead atoms. The number of anilines is 1. The van der Waals surface area contributed by atoms with Crippen LogP contribution in [0.3, 0.4) is 0 Å². The molecule has 4 aromatic rings. The molecule has 0 unspecified atom stereocenters. The Balaban J connectivity index is 1.41. The number of nitrogens with zero attached hydrogens (tertiary/aromatic N) is 6. The van der Waals surface area contributed by atoms with E-state index in [1.807, 2.05) is 0 Å². The number of carbonyl (C=O) groups excluding carboxylic acids is 1. The zero-order chi connectivity index (χ0) is 23.9. The van der Waals surface area contributed by atoms with Gasteiger partial charge < -0.3 is 15.3 Å². The van der Waals surface area contributed by atoms with Crippen molar-refractivity contribution in [2.24, 2.45) is 0 Å². The van der Waals surface area contributed by atoms with E-state index < -0.39 is 17.8 Å². The van der Waals surface area contributed by atoms with E-state index in [4.69, 9.17) is 0 Å². The summed E-state index contributed by atoms with van der Waals surface area (Å²) in [7, 11) is 0. The average molecular weight is 472 g/mol. The number of amides is 1. The van der Waals surface area contributed by atoms with E-state index in [9.17, 15) is 23.1 Å². The Morgan fingerprint density at radius 2 is 2.03 bits per heavy atom. The summed E-state index contributed by atoms with van der Waals surface area (Å²) in [6.45, 7) is 0.655. The molecule has 176 valence electrons. The second-order valence-electron chi connectivity index (χ2n) is 7.98. The van der Waals surface area contributed by atoms with Crippen molar-refractivity contribution < 1.29 is 23.1 Å². The highest BCUT2D eigenvalue weighted by atomic mass is 19.4. The third-order valence-corrected chi connectivity index (χ3v) is 5.55. The minimum atomic E-state index is -4.50. The van der Waals surface area contributed by atoms with Crippen LogP contribution >= 0.6 is 0 Å². The number of fused-ring (bicyclic) bond motifs is 1. The Kier molecular flexibility index (Phi) is 5.40. The van der Waals surface area contributed by atoms with E-state index >= 15 is 0 Å². The zero-order valence-electron chi connectivity index (χ0n) is 17.6. The van der Waals surface area contributed by atoms with Gasteiger partial charge in [-0.25, -0.2) is 15.0 Å². The van der Waals surface area contributed by atoms with Gasteiger partial charge in [-0.15, -0.1) is 0 Å². The first-order valence-corrected chi connectivity index (χ1v) is 10.4. The number of aromatic amines is 1. The maximum atomic E-state index is 13.2. The summed E-state index contributed by atoms with van der Waals surface area (Å²) < 4.78 is 40.9. The van der Waals surface area contributed by atoms with Gasteiger partial charge in [0, 0.05) is 37.7 Å². The molecule has 0 saturated carbocycles. The normalized spacial score (nSPS) is 18.9. The molecule has 34 heavy (non-hydrogen) atoms. The van der Waals surface area contributed by atoms with E-state index in [2.05, 4.69) is 30.5 Å². The number of nitrogens with one attached hydrogen (secondary N) is 2. The summed E-state index contributed by atoms with van der Waals surface area (Å²) in [5.41, 5.74) is 0.185. The molecule has 0 aromatic carbocycles. The van der Waals surface area contributed by atoms with Crippen molar-refractivity contribution in [1.29, 1.82) is 0 Å². The highest BCUT2D eigenvalue weighted by Gasteiger charge is 2.32. The molecule has 5 rings (SSSR count). The molecule has 0 radical (unpaired) electrons. The molecule has 10 nitrogen and oxygen atoms in total. The number of hydrogen-bond acceptors (Lipinski definition) is 7. The number of rotatable bonds is 4. The number of pyridine rings is 1. The first kappa shape index (κ1) is 21.8. The number of carbonyl (C=O) groups is 1. The number of β-amino-alcohol motifs (C(OH)–C–C–N with tert-alkyl or cyclic N) is 1. The molecule has 1 aliphatic heterocycles. The van der Waals surface area contributed by atoms with Crippen molar-refractivity contribution in [2.45, 2.75) is 24.7 Å². The summed E-state index contributed by atoms with van der Waals surface area (Å²) in [6, 6.07) is 3.54. The predicted octanol–water partition coefficient (Wildman–Crippen LogP) is 1.90. The van der Waals surface area contributed by atoms with Crippen LogP contribution in [0.2, 0.25) is 0 Å². The largest absolute Gasteiger partial charge is 0.417 e. The van der Waals surface area contributed by atoms with Crippen molar-refractivity contribution >= 4 is 17.4 Å². The first-order valence-electron chi connectivity index (χ1n) is 10.4. The van der Waals surface area contributed by atoms with Crippen molar-refractivity contribution in [3.63, 3.8) is 0 Å². The second-order valence-corrected chi connectivity index (χ2v) is 7.98. The fourth-order valence-electron chi connectivity index (χ4n) is 3.97. The molecule has 1 amide bonds. The Morgan fingerprint density at radius 1 is 1.18 bits per heavy atom. The average Bonchev–Trinajstić information content (AvgIpc) is 3.48. The molecule has 1 saturated heterocycles. The number of hydrogen-bond donors (Lipinski definition) is 3. The number of alkyl halides is 3. The van der Waals surface area contributed by atoms with Gasteiger partial charge in [0.2, 0.25) is 0 Å². The lowest BCUT2D eigenvalue weighted by atomic mass is 10.0. The van der Waals surface area contributed by atoms with E-state index in [-0.39, 0.29) is 24.3 Å². The number of aliphatic hydroxyl groups excluding tert-OH is 1. The van der Waals surface area contributed by atoms with Crippen LogP contribution in [0.5, 0.6) is 0 Å². The van der Waals surface area contributed by atoms with E-state index in [1.54, 1.807) is 11.0 Å². The van der Waals surface area contributed by atoms with E-state index in [0.29, 0.717) is 35.7 Å². The molecule has 4 aromatic heterocycles. The van der Waals surface area contributed by atoms with Crippen LogP contribution in [0.1, 0.15) is 22.3 Å². The highest BCUT2D eigenvalue weighted by molar-refractivity contribution is 5.93. The third-order valence-electron chi connectivity index (χ3n) is 5.55. The number of aromatic nitrogens is 6. The van der Waals surface area contributed by atoms with Gasteiger partial charge >= 0.3 is 6.18 Å². The number of aliphatic hydroxyl groups is 1. The van der Waals surface area contributed by atoms with Crippen LogP contribution in [0, 0.1) is 0 Å². The van der Waals surface area contributed by atoms with Gasteiger partial charge in [0.15, 0.2) is 5.82 Å². The SMILES string of the molecule is O=C(N[C@H]1C[C@H](O)CN(c2ccnc(-c3cnc4ccc(C(F)(F)F)cn34)n2)C1)c1cn[nH]c1. The van der Waals surface area contributed by atoms with Crippen molar-refractivity contribution in [1.82, 2.24) is 34.9 Å². The second kappa shape index (κ2) is 8.41. The fraction of sp³-hybridized carbons (Fsp3) is 0.286. The molecule has 13 heteroatoms. The molecule has 0 aliphatic carbocycles. The maximum absolute atomic E-state index is 13.2. The molecule has 1 fully saturated rings. The standard InChI is InChI=1S/C21H19F3N8O2/c22-21(23,24)13-1-2-17-26-8-16(32(17)9-13)19-25-4-3-18(30-19)31-10-14(5-15(33)11-31)29-20(34)12-6-27-28-7-12/h1-4,6-9,14-15,33H,5,10-11H2,(H,27,28)(H,29,34)/t14-,15-/m0/s1. The lowest BCUT2D eigenvalue weighted by molar-refractivity contribution is -0.137. The van der Waals surface area contributed by atoms with Crippen LogP contribution < -0.4 is 10.2 Å². The summed E-state index contributed by atoms with van der Waals surface area (Å²) in [6.07, 6.45) is 1.89. The lowest BCUT2D eigenvalue weighted by Gasteiger charge is -2.36. The molecule has 1 aliphatic rings. The van der Waals surface area contributed by atoms with Gasteiger partial charge in [0.1, 0.15) is 17.2 Å². The fourth-order valence-corrected chi connectivity index (χ4v) is 3.97. The number of halogens is 3. The third kappa shape index (κ3) is 4.29. The number of H-pyrrole nitrogens is 1. The van der Waals surface area contributed by atoms with Gasteiger partial charge in [0.05, 0.1) is 29.6 Å². The van der Waals surface area contributed by atoms with Gasteiger partial charge in [-0.1, -0.05) is 0 Å². The van der Waals surface area contributed by atoms with Crippen molar-refractivity contribution in [3.05, 3.63) is 60.3 Å². The van der Waals surface area contributed by atoms with E-state index in [1.165, 1.54) is 35.3 Å². The Bertz CT molecular complexity index is 1320. The van der Waals surface area contributed by atoms with Crippen molar-refractivity contribution in [2.75, 3.05) is 18.0 Å². The van der Waals surface area contributed by atoms with Gasteiger partial charge in [-0.3, -0.25) is 14.3 Å². The highest BCUT2D eigenvalue weighted by Crippen LogP contribution is 2.30. The summed E-state index contributed by atoms with van der Waals surface area (Å²) in [4.78, 5) is 27.0. The predicted molar refractivity (Wildman–Crippen MR) is 114 cm³/mol. The smallest absolute Gasteiger partial charge is 0.391 e. The molecule has 0 spiro atoms. The van der Waals surface area contributed by atoms with Crippen LogP contribution in [0.15, 0.2) is 49.2 Å². The van der Waals surface area contributed by atoms with Gasteiger partial charge in [0.25, 0.3) is 5.91 Å². The minimum absolute atomic E-state index is 0.184.